The molecule has 2 aromatic heterocycles. The number of methoxy groups -OCH3 is 1. The molecule has 1 aliphatic rings. The third-order valence-electron chi connectivity index (χ3n) is 6.57. The molecule has 5 rings (SSSR count). The second-order valence-electron chi connectivity index (χ2n) is 8.92. The first-order valence-corrected chi connectivity index (χ1v) is 12.6. The van der Waals surface area contributed by atoms with E-state index in [-0.39, 0.29) is 18.0 Å². The Morgan fingerprint density at radius 2 is 1.78 bits per heavy atom. The van der Waals surface area contributed by atoms with E-state index >= 15 is 0 Å². The minimum absolute atomic E-state index is 0.0595. The SMILES string of the molecule is COc1ccc(-n2c(C)ccc2[C@H]2[C@@H](c3ccccn3)NC(=S)N2CCC(=O)Nc2ccccc2)cc1. The number of carbonyl (C=O) groups excluding carboxylic acids is 1. The molecule has 2 atom stereocenters. The lowest BCUT2D eigenvalue weighted by Gasteiger charge is -2.29. The highest BCUT2D eigenvalue weighted by atomic mass is 32.1. The Kier molecular flexibility index (Phi) is 7.18. The van der Waals surface area contributed by atoms with Crippen molar-refractivity contribution in [3.63, 3.8) is 0 Å². The van der Waals surface area contributed by atoms with Gasteiger partial charge in [0.2, 0.25) is 5.91 Å². The Morgan fingerprint density at radius 1 is 1.03 bits per heavy atom. The van der Waals surface area contributed by atoms with Gasteiger partial charge in [0.25, 0.3) is 0 Å². The summed E-state index contributed by atoms with van der Waals surface area (Å²) >= 11 is 5.81. The van der Waals surface area contributed by atoms with Crippen LogP contribution in [-0.2, 0) is 4.79 Å². The Hall–Kier alpha value is -4.17. The first kappa shape index (κ1) is 24.5. The van der Waals surface area contributed by atoms with Gasteiger partial charge >= 0.3 is 0 Å². The zero-order valence-electron chi connectivity index (χ0n) is 20.8. The average Bonchev–Trinajstić information content (AvgIpc) is 3.47. The summed E-state index contributed by atoms with van der Waals surface area (Å²) in [7, 11) is 1.66. The van der Waals surface area contributed by atoms with Crippen molar-refractivity contribution in [2.24, 2.45) is 0 Å². The lowest BCUT2D eigenvalue weighted by atomic mass is 10.0. The average molecular weight is 512 g/mol. The number of hydrogen-bond acceptors (Lipinski definition) is 4. The van der Waals surface area contributed by atoms with Crippen LogP contribution in [0.4, 0.5) is 5.69 Å². The molecule has 0 unspecified atom stereocenters. The number of carbonyl (C=O) groups is 1. The third-order valence-corrected chi connectivity index (χ3v) is 6.93. The van der Waals surface area contributed by atoms with Gasteiger partial charge in [0.05, 0.1) is 24.9 Å². The maximum Gasteiger partial charge on any atom is 0.226 e. The number of benzene rings is 2. The van der Waals surface area contributed by atoms with Gasteiger partial charge in [-0.05, 0) is 79.8 Å². The third kappa shape index (κ3) is 5.20. The van der Waals surface area contributed by atoms with Crippen LogP contribution in [0.15, 0.2) is 91.1 Å². The molecule has 0 radical (unpaired) electrons. The molecule has 1 fully saturated rings. The molecule has 37 heavy (non-hydrogen) atoms. The Labute approximate surface area is 222 Å². The molecule has 1 amide bonds. The summed E-state index contributed by atoms with van der Waals surface area (Å²) in [5, 5.41) is 7.05. The number of rotatable bonds is 8. The normalized spacial score (nSPS) is 16.9. The van der Waals surface area contributed by atoms with Gasteiger partial charge in [0.1, 0.15) is 5.75 Å². The zero-order valence-corrected chi connectivity index (χ0v) is 21.6. The lowest BCUT2D eigenvalue weighted by molar-refractivity contribution is -0.116. The number of aromatic nitrogens is 2. The molecule has 4 aromatic rings. The Morgan fingerprint density at radius 3 is 2.49 bits per heavy atom. The molecule has 1 aliphatic heterocycles. The number of aryl methyl sites for hydroxylation is 1. The largest absolute Gasteiger partial charge is 0.497 e. The Balaban J connectivity index is 1.48. The summed E-state index contributed by atoms with van der Waals surface area (Å²) in [6.45, 7) is 2.55. The topological polar surface area (TPSA) is 71.4 Å². The van der Waals surface area contributed by atoms with E-state index in [2.05, 4.69) is 44.1 Å². The van der Waals surface area contributed by atoms with Crippen molar-refractivity contribution in [1.29, 1.82) is 0 Å². The van der Waals surface area contributed by atoms with Crippen molar-refractivity contribution < 1.29 is 9.53 Å². The van der Waals surface area contributed by atoms with E-state index in [1.54, 1.807) is 13.3 Å². The van der Waals surface area contributed by atoms with Crippen molar-refractivity contribution >= 4 is 28.9 Å². The number of pyridine rings is 1. The first-order valence-electron chi connectivity index (χ1n) is 12.2. The molecule has 1 saturated heterocycles. The molecule has 0 saturated carbocycles. The van der Waals surface area contributed by atoms with Crippen molar-refractivity contribution in [2.45, 2.75) is 25.4 Å². The highest BCUT2D eigenvalue weighted by Gasteiger charge is 2.41. The fourth-order valence-corrected chi connectivity index (χ4v) is 5.14. The highest BCUT2D eigenvalue weighted by molar-refractivity contribution is 7.80. The van der Waals surface area contributed by atoms with Crippen LogP contribution in [-0.4, -0.2) is 39.1 Å². The van der Waals surface area contributed by atoms with Gasteiger partial charge in [0.15, 0.2) is 5.11 Å². The van der Waals surface area contributed by atoms with Gasteiger partial charge in [-0.1, -0.05) is 24.3 Å². The molecule has 0 bridgehead atoms. The van der Waals surface area contributed by atoms with E-state index in [4.69, 9.17) is 17.0 Å². The second-order valence-corrected chi connectivity index (χ2v) is 9.30. The molecule has 188 valence electrons. The molecule has 2 aromatic carbocycles. The predicted molar refractivity (Wildman–Crippen MR) is 149 cm³/mol. The fourth-order valence-electron chi connectivity index (χ4n) is 4.81. The van der Waals surface area contributed by atoms with E-state index in [1.807, 2.05) is 72.8 Å². The van der Waals surface area contributed by atoms with Crippen LogP contribution in [0.25, 0.3) is 5.69 Å². The van der Waals surface area contributed by atoms with Crippen molar-refractivity contribution in [3.8, 4) is 11.4 Å². The fraction of sp³-hybridized carbons (Fsp3) is 0.207. The monoisotopic (exact) mass is 511 g/mol. The molecule has 3 heterocycles. The number of ether oxygens (including phenoxy) is 1. The van der Waals surface area contributed by atoms with E-state index in [0.717, 1.165) is 34.2 Å². The van der Waals surface area contributed by atoms with Gasteiger partial charge in [0, 0.05) is 41.9 Å². The number of thiocarbonyl (C=S) groups is 1. The van der Waals surface area contributed by atoms with Crippen LogP contribution in [0.2, 0.25) is 0 Å². The van der Waals surface area contributed by atoms with Crippen molar-refractivity contribution in [2.75, 3.05) is 19.0 Å². The van der Waals surface area contributed by atoms with Gasteiger partial charge < -0.3 is 24.8 Å². The second kappa shape index (κ2) is 10.8. The number of anilines is 1. The smallest absolute Gasteiger partial charge is 0.226 e. The minimum atomic E-state index is -0.169. The van der Waals surface area contributed by atoms with Crippen LogP contribution in [0.5, 0.6) is 5.75 Å². The van der Waals surface area contributed by atoms with Gasteiger partial charge in [-0.2, -0.15) is 0 Å². The molecular weight excluding hydrogens is 482 g/mol. The van der Waals surface area contributed by atoms with Crippen LogP contribution in [0.1, 0.15) is 35.6 Å². The number of para-hydroxylation sites is 1. The summed E-state index contributed by atoms with van der Waals surface area (Å²) in [6.07, 6.45) is 2.09. The minimum Gasteiger partial charge on any atom is -0.497 e. The van der Waals surface area contributed by atoms with E-state index < -0.39 is 0 Å². The lowest BCUT2D eigenvalue weighted by Crippen LogP contribution is -2.33. The summed E-state index contributed by atoms with van der Waals surface area (Å²) in [6, 6.07) is 27.3. The quantitative estimate of drug-likeness (QED) is 0.317. The summed E-state index contributed by atoms with van der Waals surface area (Å²) in [4.78, 5) is 19.5. The van der Waals surface area contributed by atoms with Crippen LogP contribution in [0.3, 0.4) is 0 Å². The zero-order chi connectivity index (χ0) is 25.8. The molecule has 7 nitrogen and oxygen atoms in total. The maximum absolute atomic E-state index is 12.8. The van der Waals surface area contributed by atoms with Gasteiger partial charge in [-0.25, -0.2) is 0 Å². The van der Waals surface area contributed by atoms with Crippen molar-refractivity contribution in [3.05, 3.63) is 108 Å². The number of amides is 1. The van der Waals surface area contributed by atoms with Gasteiger partial charge in [-0.3, -0.25) is 9.78 Å². The maximum atomic E-state index is 12.8. The predicted octanol–water partition coefficient (Wildman–Crippen LogP) is 5.19. The Bertz CT molecular complexity index is 1370. The van der Waals surface area contributed by atoms with Crippen LogP contribution >= 0.6 is 12.2 Å². The number of nitrogens with one attached hydrogen (secondary N) is 2. The number of nitrogens with zero attached hydrogens (tertiary/aromatic N) is 3. The molecule has 8 heteroatoms. The van der Waals surface area contributed by atoms with E-state index in [9.17, 15) is 4.79 Å². The molecule has 2 N–H and O–H groups in total. The van der Waals surface area contributed by atoms with Crippen molar-refractivity contribution in [1.82, 2.24) is 19.8 Å². The summed E-state index contributed by atoms with van der Waals surface area (Å²) in [5.41, 5.74) is 4.86. The van der Waals surface area contributed by atoms with Gasteiger partial charge in [-0.15, -0.1) is 0 Å². The standard InChI is InChI=1S/C29H29N5O2S/c1-20-11-16-25(34(20)22-12-14-23(36-2)15-13-22)28-27(24-10-6-7-18-30-24)32-29(37)33(28)19-17-26(35)31-21-8-4-3-5-9-21/h3-16,18,27-28H,17,19H2,1-2H3,(H,31,35)(H,32,37)/t27-,28+/m1/s1. The molecule has 0 aliphatic carbocycles. The van der Waals surface area contributed by atoms with Crippen LogP contribution in [0, 0.1) is 6.92 Å². The summed E-state index contributed by atoms with van der Waals surface area (Å²) < 4.78 is 7.59. The van der Waals surface area contributed by atoms with E-state index in [1.165, 1.54) is 0 Å². The first-order chi connectivity index (χ1) is 18.0. The molecular formula is C29H29N5O2S. The summed E-state index contributed by atoms with van der Waals surface area (Å²) in [5.74, 6) is 0.743. The molecule has 0 spiro atoms. The highest BCUT2D eigenvalue weighted by Crippen LogP contribution is 2.40. The van der Waals surface area contributed by atoms with Crippen LogP contribution < -0.4 is 15.4 Å². The van der Waals surface area contributed by atoms with E-state index in [0.29, 0.717) is 18.1 Å². The number of hydrogen-bond donors (Lipinski definition) is 2.